The van der Waals surface area contributed by atoms with Crippen LogP contribution in [0.15, 0.2) is 42.5 Å². The summed E-state index contributed by atoms with van der Waals surface area (Å²) < 4.78 is 5.44. The van der Waals surface area contributed by atoms with E-state index in [-0.39, 0.29) is 6.04 Å². The largest absolute Gasteiger partial charge is 0.494 e. The molecule has 0 amide bonds. The van der Waals surface area contributed by atoms with Gasteiger partial charge in [-0.2, -0.15) is 0 Å². The zero-order chi connectivity index (χ0) is 13.8. The van der Waals surface area contributed by atoms with Gasteiger partial charge in [-0.25, -0.2) is 0 Å². The van der Waals surface area contributed by atoms with Gasteiger partial charge in [-0.1, -0.05) is 41.5 Å². The van der Waals surface area contributed by atoms with E-state index in [2.05, 4.69) is 32.0 Å². The molecule has 0 heterocycles. The Morgan fingerprint density at radius 1 is 0.947 bits per heavy atom. The highest BCUT2D eigenvalue weighted by Gasteiger charge is 2.09. The first-order chi connectivity index (χ1) is 9.10. The van der Waals surface area contributed by atoms with Crippen molar-refractivity contribution in [3.8, 4) is 5.75 Å². The Bertz CT molecular complexity index is 525. The summed E-state index contributed by atoms with van der Waals surface area (Å²) >= 11 is 0. The minimum atomic E-state index is -0.0886. The van der Waals surface area contributed by atoms with Crippen LogP contribution in [0.2, 0.25) is 0 Å². The van der Waals surface area contributed by atoms with Gasteiger partial charge in [-0.05, 0) is 44.0 Å². The average Bonchev–Trinajstić information content (AvgIpc) is 2.38. The molecule has 2 aromatic rings. The van der Waals surface area contributed by atoms with Crippen LogP contribution in [0, 0.1) is 13.8 Å². The maximum Gasteiger partial charge on any atom is 0.119 e. The van der Waals surface area contributed by atoms with Gasteiger partial charge in [0, 0.05) is 0 Å². The Hall–Kier alpha value is -1.80. The summed E-state index contributed by atoms with van der Waals surface area (Å²) in [7, 11) is 0. The third-order valence-corrected chi connectivity index (χ3v) is 3.15. The van der Waals surface area contributed by atoms with Crippen molar-refractivity contribution >= 4 is 0 Å². The number of aryl methyl sites for hydroxylation is 2. The van der Waals surface area contributed by atoms with Crippen molar-refractivity contribution in [2.45, 2.75) is 26.8 Å². The second-order valence-corrected chi connectivity index (χ2v) is 4.90. The molecule has 0 radical (unpaired) electrons. The summed E-state index contributed by atoms with van der Waals surface area (Å²) in [6, 6.07) is 14.4. The minimum absolute atomic E-state index is 0.0886. The molecular formula is C17H21NO. The van der Waals surface area contributed by atoms with Gasteiger partial charge in [0.25, 0.3) is 0 Å². The van der Waals surface area contributed by atoms with Crippen LogP contribution in [0.1, 0.15) is 35.2 Å². The molecule has 0 bridgehead atoms. The lowest BCUT2D eigenvalue weighted by Gasteiger charge is -2.15. The highest BCUT2D eigenvalue weighted by molar-refractivity contribution is 5.38. The fourth-order valence-electron chi connectivity index (χ4n) is 2.32. The van der Waals surface area contributed by atoms with Gasteiger partial charge >= 0.3 is 0 Å². The van der Waals surface area contributed by atoms with Crippen LogP contribution < -0.4 is 10.5 Å². The standard InChI is InChI=1S/C17H21NO/c1-4-19-16-7-5-14(6-8-16)17(18)15-10-12(2)9-13(3)11-15/h5-11,17H,4,18H2,1-3H3. The Balaban J connectivity index is 2.25. The SMILES string of the molecule is CCOc1ccc(C(N)c2cc(C)cc(C)c2)cc1. The van der Waals surface area contributed by atoms with Crippen LogP contribution in [0.5, 0.6) is 5.75 Å². The molecule has 2 aromatic carbocycles. The molecule has 2 heteroatoms. The molecule has 0 aliphatic rings. The topological polar surface area (TPSA) is 35.2 Å². The van der Waals surface area contributed by atoms with Gasteiger partial charge < -0.3 is 10.5 Å². The van der Waals surface area contributed by atoms with Crippen molar-refractivity contribution in [1.29, 1.82) is 0 Å². The number of nitrogens with two attached hydrogens (primary N) is 1. The highest BCUT2D eigenvalue weighted by Crippen LogP contribution is 2.23. The Morgan fingerprint density at radius 2 is 1.53 bits per heavy atom. The zero-order valence-corrected chi connectivity index (χ0v) is 11.8. The molecule has 19 heavy (non-hydrogen) atoms. The van der Waals surface area contributed by atoms with Gasteiger partial charge in [-0.15, -0.1) is 0 Å². The summed E-state index contributed by atoms with van der Waals surface area (Å²) in [6.07, 6.45) is 0. The fourth-order valence-corrected chi connectivity index (χ4v) is 2.32. The van der Waals surface area contributed by atoms with Gasteiger partial charge in [-0.3, -0.25) is 0 Å². The molecule has 0 aliphatic heterocycles. The van der Waals surface area contributed by atoms with Crippen molar-refractivity contribution in [3.05, 3.63) is 64.7 Å². The molecule has 1 atom stereocenters. The molecule has 1 unspecified atom stereocenters. The smallest absolute Gasteiger partial charge is 0.119 e. The number of benzene rings is 2. The van der Waals surface area contributed by atoms with Crippen LogP contribution in [0.4, 0.5) is 0 Å². The summed E-state index contributed by atoms with van der Waals surface area (Å²) in [5.74, 6) is 0.888. The first-order valence-corrected chi connectivity index (χ1v) is 6.66. The lowest BCUT2D eigenvalue weighted by Crippen LogP contribution is -2.12. The quantitative estimate of drug-likeness (QED) is 0.903. The van der Waals surface area contributed by atoms with E-state index in [1.165, 1.54) is 11.1 Å². The van der Waals surface area contributed by atoms with Crippen LogP contribution in [0.25, 0.3) is 0 Å². The van der Waals surface area contributed by atoms with E-state index in [1.807, 2.05) is 31.2 Å². The normalized spacial score (nSPS) is 12.2. The van der Waals surface area contributed by atoms with Crippen LogP contribution in [-0.2, 0) is 0 Å². The molecule has 2 nitrogen and oxygen atoms in total. The fraction of sp³-hybridized carbons (Fsp3) is 0.294. The number of rotatable bonds is 4. The molecule has 0 spiro atoms. The summed E-state index contributed by atoms with van der Waals surface area (Å²) in [4.78, 5) is 0. The number of ether oxygens (including phenoxy) is 1. The molecule has 2 N–H and O–H groups in total. The molecule has 100 valence electrons. The van der Waals surface area contributed by atoms with E-state index in [0.29, 0.717) is 6.61 Å². The predicted octanol–water partition coefficient (Wildman–Crippen LogP) is 3.75. The number of hydrogen-bond donors (Lipinski definition) is 1. The van der Waals surface area contributed by atoms with Crippen LogP contribution in [0.3, 0.4) is 0 Å². The lowest BCUT2D eigenvalue weighted by atomic mass is 9.96. The van der Waals surface area contributed by atoms with E-state index < -0.39 is 0 Å². The monoisotopic (exact) mass is 255 g/mol. The van der Waals surface area contributed by atoms with E-state index >= 15 is 0 Å². The molecule has 0 saturated carbocycles. The van der Waals surface area contributed by atoms with E-state index in [9.17, 15) is 0 Å². The summed E-state index contributed by atoms with van der Waals surface area (Å²) in [5, 5.41) is 0. The first-order valence-electron chi connectivity index (χ1n) is 6.66. The molecule has 2 rings (SSSR count). The van der Waals surface area contributed by atoms with E-state index in [1.54, 1.807) is 0 Å². The van der Waals surface area contributed by atoms with Crippen molar-refractivity contribution in [2.24, 2.45) is 5.73 Å². The lowest BCUT2D eigenvalue weighted by molar-refractivity contribution is 0.340. The first kappa shape index (κ1) is 13.6. The van der Waals surface area contributed by atoms with Gasteiger partial charge in [0.15, 0.2) is 0 Å². The van der Waals surface area contributed by atoms with E-state index in [4.69, 9.17) is 10.5 Å². The van der Waals surface area contributed by atoms with Crippen LogP contribution in [-0.4, -0.2) is 6.61 Å². The second kappa shape index (κ2) is 5.89. The van der Waals surface area contributed by atoms with Crippen molar-refractivity contribution in [3.63, 3.8) is 0 Å². The molecular weight excluding hydrogens is 234 g/mol. The zero-order valence-electron chi connectivity index (χ0n) is 11.8. The predicted molar refractivity (Wildman–Crippen MR) is 79.6 cm³/mol. The Labute approximate surface area is 115 Å². The maximum absolute atomic E-state index is 6.34. The maximum atomic E-state index is 6.34. The second-order valence-electron chi connectivity index (χ2n) is 4.90. The van der Waals surface area contributed by atoms with Gasteiger partial charge in [0.2, 0.25) is 0 Å². The molecule has 0 fully saturated rings. The summed E-state index contributed by atoms with van der Waals surface area (Å²) in [5.41, 5.74) is 11.1. The van der Waals surface area contributed by atoms with E-state index in [0.717, 1.165) is 16.9 Å². The van der Waals surface area contributed by atoms with Crippen molar-refractivity contribution in [1.82, 2.24) is 0 Å². The summed E-state index contributed by atoms with van der Waals surface area (Å²) in [6.45, 7) is 6.86. The van der Waals surface area contributed by atoms with Crippen molar-refractivity contribution < 1.29 is 4.74 Å². The third-order valence-electron chi connectivity index (χ3n) is 3.15. The molecule has 0 aliphatic carbocycles. The molecule has 0 aromatic heterocycles. The van der Waals surface area contributed by atoms with Gasteiger partial charge in [0.05, 0.1) is 12.6 Å². The third kappa shape index (κ3) is 3.36. The highest BCUT2D eigenvalue weighted by atomic mass is 16.5. The van der Waals surface area contributed by atoms with Crippen LogP contribution >= 0.6 is 0 Å². The van der Waals surface area contributed by atoms with Gasteiger partial charge in [0.1, 0.15) is 5.75 Å². The Morgan fingerprint density at radius 3 is 2.05 bits per heavy atom. The number of hydrogen-bond acceptors (Lipinski definition) is 2. The van der Waals surface area contributed by atoms with Crippen molar-refractivity contribution in [2.75, 3.05) is 6.61 Å². The molecule has 0 saturated heterocycles. The Kier molecular flexibility index (Phi) is 4.23. The minimum Gasteiger partial charge on any atom is -0.494 e. The average molecular weight is 255 g/mol.